The van der Waals surface area contributed by atoms with Crippen molar-refractivity contribution in [2.45, 2.75) is 27.7 Å². The third-order valence-corrected chi connectivity index (χ3v) is 7.05. The van der Waals surface area contributed by atoms with Crippen molar-refractivity contribution in [1.82, 2.24) is 0 Å². The van der Waals surface area contributed by atoms with Gasteiger partial charge in [-0.1, -0.05) is 0 Å². The second-order valence-corrected chi connectivity index (χ2v) is 9.95. The average molecular weight is 712 g/mol. The number of nitrogens with zero attached hydrogens (tertiary/aromatic N) is 8. The van der Waals surface area contributed by atoms with Crippen molar-refractivity contribution in [2.75, 3.05) is 36.0 Å². The maximum absolute atomic E-state index is 10.6. The normalized spacial score (nSPS) is 10.7. The van der Waals surface area contributed by atoms with Crippen LogP contribution in [0.25, 0.3) is 0 Å². The Balaban J connectivity index is 0.000000333. The van der Waals surface area contributed by atoms with Gasteiger partial charge in [0.15, 0.2) is 0 Å². The summed E-state index contributed by atoms with van der Waals surface area (Å²) in [6.45, 7) is 11.3. The number of aromatic hydroxyl groups is 4. The van der Waals surface area contributed by atoms with Crippen LogP contribution in [0.2, 0.25) is 0 Å². The molecule has 0 unspecified atom stereocenters. The van der Waals surface area contributed by atoms with Crippen LogP contribution in [0, 0.1) is 20.2 Å². The standard InChI is InChI=1S/2C16H18N4O4.V/c2*1-3-19(4-2)11-5-7-13(15(21)9-11)17-18-14-8-6-12(20(23)24)10-16(14)22;/h2*5-10,21-22H,3-4H2,1-2H3;. The summed E-state index contributed by atoms with van der Waals surface area (Å²) in [6, 6.07) is 17.1. The summed E-state index contributed by atoms with van der Waals surface area (Å²) in [5.41, 5.74) is 1.90. The molecule has 16 nitrogen and oxygen atoms in total. The molecule has 4 aromatic carbocycles. The Morgan fingerprint density at radius 3 is 1.00 bits per heavy atom. The van der Waals surface area contributed by atoms with E-state index in [1.165, 1.54) is 24.3 Å². The van der Waals surface area contributed by atoms with Gasteiger partial charge >= 0.3 is 0 Å². The average Bonchev–Trinajstić information content (AvgIpc) is 3.06. The van der Waals surface area contributed by atoms with Crippen LogP contribution in [0.4, 0.5) is 45.5 Å². The van der Waals surface area contributed by atoms with Crippen LogP contribution in [0.3, 0.4) is 0 Å². The largest absolute Gasteiger partial charge is 0.506 e. The predicted octanol–water partition coefficient (Wildman–Crippen LogP) is 8.53. The van der Waals surface area contributed by atoms with Crippen molar-refractivity contribution in [1.29, 1.82) is 0 Å². The minimum absolute atomic E-state index is 0. The molecule has 17 heteroatoms. The Labute approximate surface area is 293 Å². The molecule has 4 N–H and O–H groups in total. The van der Waals surface area contributed by atoms with Crippen LogP contribution >= 0.6 is 0 Å². The van der Waals surface area contributed by atoms with Gasteiger partial charge in [-0.2, -0.15) is 0 Å². The molecule has 0 atom stereocenters. The van der Waals surface area contributed by atoms with E-state index in [4.69, 9.17) is 0 Å². The molecule has 0 spiro atoms. The van der Waals surface area contributed by atoms with E-state index in [-0.39, 0.29) is 75.7 Å². The van der Waals surface area contributed by atoms with Gasteiger partial charge in [-0.15, -0.1) is 20.5 Å². The second kappa shape index (κ2) is 18.6. The molecule has 4 aromatic rings. The van der Waals surface area contributed by atoms with Gasteiger partial charge in [0, 0.05) is 80.4 Å². The molecule has 0 aliphatic heterocycles. The molecule has 4 rings (SSSR count). The molecular weight excluding hydrogens is 675 g/mol. The van der Waals surface area contributed by atoms with Crippen LogP contribution in [-0.2, 0) is 18.6 Å². The van der Waals surface area contributed by atoms with Crippen molar-refractivity contribution >= 4 is 45.5 Å². The minimum atomic E-state index is -0.613. The minimum Gasteiger partial charge on any atom is -0.506 e. The fourth-order valence-electron chi connectivity index (χ4n) is 4.40. The number of azo groups is 2. The smallest absolute Gasteiger partial charge is 0.273 e. The third kappa shape index (κ3) is 10.6. The first kappa shape index (κ1) is 39.4. The Kier molecular flexibility index (Phi) is 14.9. The number of rotatable bonds is 12. The number of phenols is 4. The second-order valence-electron chi connectivity index (χ2n) is 9.95. The zero-order chi connectivity index (χ0) is 35.4. The van der Waals surface area contributed by atoms with Crippen molar-refractivity contribution < 1.29 is 48.8 Å². The van der Waals surface area contributed by atoms with Crippen molar-refractivity contribution in [3.8, 4) is 23.0 Å². The molecule has 257 valence electrons. The number of hydrogen-bond donors (Lipinski definition) is 4. The Morgan fingerprint density at radius 2 is 0.776 bits per heavy atom. The summed E-state index contributed by atoms with van der Waals surface area (Å²) in [4.78, 5) is 24.2. The van der Waals surface area contributed by atoms with Crippen molar-refractivity contribution in [3.05, 3.63) is 93.0 Å². The summed E-state index contributed by atoms with van der Waals surface area (Å²) in [5, 5.41) is 76.3. The van der Waals surface area contributed by atoms with Crippen LogP contribution in [0.1, 0.15) is 27.7 Å². The molecule has 0 bridgehead atoms. The number of non-ortho nitro benzene ring substituents is 2. The summed E-state index contributed by atoms with van der Waals surface area (Å²) in [7, 11) is 0. The number of anilines is 2. The zero-order valence-corrected chi connectivity index (χ0v) is 28.6. The first-order valence-corrected chi connectivity index (χ1v) is 14.9. The topological polar surface area (TPSA) is 223 Å². The van der Waals surface area contributed by atoms with E-state index in [0.717, 1.165) is 49.7 Å². The van der Waals surface area contributed by atoms with Gasteiger partial charge in [-0.3, -0.25) is 20.2 Å². The van der Waals surface area contributed by atoms with E-state index in [9.17, 15) is 40.7 Å². The van der Waals surface area contributed by atoms with Gasteiger partial charge in [-0.05, 0) is 64.1 Å². The van der Waals surface area contributed by atoms with E-state index in [2.05, 4.69) is 30.3 Å². The molecule has 1 radical (unpaired) electrons. The number of hydrogen-bond acceptors (Lipinski definition) is 14. The molecule has 0 aromatic heterocycles. The van der Waals surface area contributed by atoms with Crippen LogP contribution < -0.4 is 9.80 Å². The van der Waals surface area contributed by atoms with Gasteiger partial charge < -0.3 is 30.2 Å². The number of nitro benzene ring substituents is 2. The van der Waals surface area contributed by atoms with Crippen LogP contribution in [0.15, 0.2) is 93.3 Å². The maximum atomic E-state index is 10.6. The van der Waals surface area contributed by atoms with Gasteiger partial charge in [-0.25, -0.2) is 0 Å². The van der Waals surface area contributed by atoms with E-state index in [1.807, 2.05) is 39.8 Å². The summed E-state index contributed by atoms with van der Waals surface area (Å²) in [5.74, 6) is -0.784. The fraction of sp³-hybridized carbons (Fsp3) is 0.250. The first-order chi connectivity index (χ1) is 22.9. The monoisotopic (exact) mass is 711 g/mol. The summed E-state index contributed by atoms with van der Waals surface area (Å²) in [6.07, 6.45) is 0. The Bertz CT molecular complexity index is 1680. The van der Waals surface area contributed by atoms with Crippen molar-refractivity contribution in [3.63, 3.8) is 0 Å². The van der Waals surface area contributed by atoms with E-state index in [1.54, 1.807) is 24.3 Å². The van der Waals surface area contributed by atoms with Gasteiger partial charge in [0.05, 0.1) is 22.0 Å². The van der Waals surface area contributed by atoms with Gasteiger partial charge in [0.25, 0.3) is 11.4 Å². The zero-order valence-electron chi connectivity index (χ0n) is 27.2. The van der Waals surface area contributed by atoms with E-state index >= 15 is 0 Å². The molecule has 0 saturated heterocycles. The van der Waals surface area contributed by atoms with Crippen LogP contribution in [-0.4, -0.2) is 56.5 Å². The van der Waals surface area contributed by atoms with Crippen LogP contribution in [0.5, 0.6) is 23.0 Å². The molecule has 0 saturated carbocycles. The molecule has 0 fully saturated rings. The Morgan fingerprint density at radius 1 is 0.510 bits per heavy atom. The number of nitro groups is 2. The van der Waals surface area contributed by atoms with E-state index in [0.29, 0.717) is 0 Å². The molecular formula is C32H36N8O8V. The quantitative estimate of drug-likeness (QED) is 0.0622. The predicted molar refractivity (Wildman–Crippen MR) is 181 cm³/mol. The summed E-state index contributed by atoms with van der Waals surface area (Å²) >= 11 is 0. The molecule has 0 amide bonds. The molecule has 0 aliphatic carbocycles. The number of benzene rings is 4. The Hall–Kier alpha value is -5.74. The molecule has 0 aliphatic rings. The van der Waals surface area contributed by atoms with E-state index < -0.39 is 9.85 Å². The first-order valence-electron chi connectivity index (χ1n) is 14.9. The summed E-state index contributed by atoms with van der Waals surface area (Å²) < 4.78 is 0. The third-order valence-electron chi connectivity index (χ3n) is 7.05. The van der Waals surface area contributed by atoms with Gasteiger partial charge in [0.2, 0.25) is 0 Å². The number of phenolic OH excluding ortho intramolecular Hbond substituents is 4. The fourth-order valence-corrected chi connectivity index (χ4v) is 4.40. The van der Waals surface area contributed by atoms with Crippen molar-refractivity contribution in [2.24, 2.45) is 20.5 Å². The van der Waals surface area contributed by atoms with Gasteiger partial charge in [0.1, 0.15) is 45.7 Å². The molecule has 0 heterocycles. The molecule has 49 heavy (non-hydrogen) atoms. The maximum Gasteiger partial charge on any atom is 0.273 e. The SMILES string of the molecule is CCN(CC)c1ccc(N=Nc2ccc([N+](=O)[O-])cc2O)c(O)c1.CCN(CC)c1ccc(N=Nc2ccc([N+](=O)[O-])cc2O)c(O)c1.[V].